The SMILES string of the molecule is Cn1nc(CCN2CCCC2)nc1SCC(=O)O. The third kappa shape index (κ3) is 3.71. The Hall–Kier alpha value is -1.08. The molecular formula is C11H18N4O2S. The number of likely N-dealkylation sites (tertiary alicyclic amines) is 1. The second kappa shape index (κ2) is 6.19. The van der Waals surface area contributed by atoms with Gasteiger partial charge >= 0.3 is 5.97 Å². The number of nitrogens with zero attached hydrogens (tertiary/aromatic N) is 4. The fourth-order valence-electron chi connectivity index (χ4n) is 2.04. The van der Waals surface area contributed by atoms with E-state index in [4.69, 9.17) is 5.11 Å². The Morgan fingerprint density at radius 3 is 2.83 bits per heavy atom. The third-order valence-corrected chi connectivity index (χ3v) is 3.95. The van der Waals surface area contributed by atoms with E-state index in [1.165, 1.54) is 37.7 Å². The molecular weight excluding hydrogens is 252 g/mol. The second-order valence-corrected chi connectivity index (χ2v) is 5.36. The molecule has 0 aromatic carbocycles. The molecule has 1 aromatic heterocycles. The minimum Gasteiger partial charge on any atom is -0.481 e. The Morgan fingerprint density at radius 1 is 1.44 bits per heavy atom. The molecule has 0 spiro atoms. The van der Waals surface area contributed by atoms with Crippen molar-refractivity contribution in [3.8, 4) is 0 Å². The first-order valence-corrected chi connectivity index (χ1v) is 7.10. The summed E-state index contributed by atoms with van der Waals surface area (Å²) in [4.78, 5) is 17.3. The monoisotopic (exact) mass is 270 g/mol. The maximum absolute atomic E-state index is 10.5. The maximum atomic E-state index is 10.5. The fraction of sp³-hybridized carbons (Fsp3) is 0.727. The molecule has 7 heteroatoms. The number of carbonyl (C=O) groups is 1. The number of carboxylic acids is 1. The van der Waals surface area contributed by atoms with Crippen molar-refractivity contribution in [2.24, 2.45) is 7.05 Å². The molecule has 1 aliphatic rings. The summed E-state index contributed by atoms with van der Waals surface area (Å²) in [6.45, 7) is 3.34. The van der Waals surface area contributed by atoms with Crippen LogP contribution in [0.4, 0.5) is 0 Å². The third-order valence-electron chi connectivity index (χ3n) is 2.94. The van der Waals surface area contributed by atoms with Crippen LogP contribution in [0.2, 0.25) is 0 Å². The lowest BCUT2D eigenvalue weighted by Gasteiger charge is -2.12. The largest absolute Gasteiger partial charge is 0.481 e. The van der Waals surface area contributed by atoms with Crippen molar-refractivity contribution >= 4 is 17.7 Å². The van der Waals surface area contributed by atoms with E-state index in [-0.39, 0.29) is 5.75 Å². The molecule has 100 valence electrons. The van der Waals surface area contributed by atoms with Crippen molar-refractivity contribution in [2.45, 2.75) is 24.4 Å². The number of aliphatic carboxylic acids is 1. The number of hydrogen-bond acceptors (Lipinski definition) is 5. The molecule has 2 heterocycles. The average Bonchev–Trinajstić information content (AvgIpc) is 2.93. The molecule has 0 aliphatic carbocycles. The Morgan fingerprint density at radius 2 is 2.17 bits per heavy atom. The van der Waals surface area contributed by atoms with Crippen LogP contribution in [0.25, 0.3) is 0 Å². The van der Waals surface area contributed by atoms with Crippen LogP contribution in [0.3, 0.4) is 0 Å². The minimum atomic E-state index is -0.832. The first-order chi connectivity index (χ1) is 8.65. The van der Waals surface area contributed by atoms with Gasteiger partial charge in [0.15, 0.2) is 11.0 Å². The molecule has 6 nitrogen and oxygen atoms in total. The summed E-state index contributed by atoms with van der Waals surface area (Å²) in [5.74, 6) is -0.00290. The highest BCUT2D eigenvalue weighted by Gasteiger charge is 2.14. The van der Waals surface area contributed by atoms with Gasteiger partial charge in [0.05, 0.1) is 5.75 Å². The van der Waals surface area contributed by atoms with E-state index in [9.17, 15) is 4.79 Å². The Balaban J connectivity index is 1.85. The van der Waals surface area contributed by atoms with Crippen LogP contribution in [0, 0.1) is 0 Å². The van der Waals surface area contributed by atoms with Gasteiger partial charge in [-0.15, -0.1) is 0 Å². The van der Waals surface area contributed by atoms with Gasteiger partial charge in [0.1, 0.15) is 0 Å². The summed E-state index contributed by atoms with van der Waals surface area (Å²) < 4.78 is 1.66. The number of aryl methyl sites for hydroxylation is 1. The number of aromatic nitrogens is 3. The van der Waals surface area contributed by atoms with E-state index in [2.05, 4.69) is 15.0 Å². The van der Waals surface area contributed by atoms with Gasteiger partial charge in [-0.2, -0.15) is 5.10 Å². The fourth-order valence-corrected chi connectivity index (χ4v) is 2.69. The molecule has 18 heavy (non-hydrogen) atoms. The maximum Gasteiger partial charge on any atom is 0.313 e. The molecule has 0 amide bonds. The molecule has 0 bridgehead atoms. The van der Waals surface area contributed by atoms with Crippen LogP contribution < -0.4 is 0 Å². The summed E-state index contributed by atoms with van der Waals surface area (Å²) in [6, 6.07) is 0. The molecule has 1 saturated heterocycles. The van der Waals surface area contributed by atoms with Gasteiger partial charge in [-0.25, -0.2) is 9.67 Å². The summed E-state index contributed by atoms with van der Waals surface area (Å²) in [6.07, 6.45) is 3.41. The van der Waals surface area contributed by atoms with Crippen molar-refractivity contribution in [2.75, 3.05) is 25.4 Å². The first kappa shape index (κ1) is 13.4. The van der Waals surface area contributed by atoms with E-state index in [0.717, 1.165) is 18.8 Å². The summed E-state index contributed by atoms with van der Waals surface area (Å²) in [5, 5.41) is 13.6. The Kier molecular flexibility index (Phi) is 4.60. The van der Waals surface area contributed by atoms with E-state index in [0.29, 0.717) is 5.16 Å². The van der Waals surface area contributed by atoms with Gasteiger partial charge in [0, 0.05) is 20.0 Å². The Labute approximate surface area is 110 Å². The molecule has 0 unspecified atom stereocenters. The van der Waals surface area contributed by atoms with Crippen molar-refractivity contribution in [3.63, 3.8) is 0 Å². The lowest BCUT2D eigenvalue weighted by Crippen LogP contribution is -2.22. The molecule has 0 atom stereocenters. The molecule has 1 aliphatic heterocycles. The molecule has 1 aromatic rings. The van der Waals surface area contributed by atoms with Gasteiger partial charge in [0.2, 0.25) is 0 Å². The predicted octanol–water partition coefficient (Wildman–Crippen LogP) is 0.630. The standard InChI is InChI=1S/C11H18N4O2S/c1-14-11(18-8-10(16)17)12-9(13-14)4-7-15-5-2-3-6-15/h2-8H2,1H3,(H,16,17). The first-order valence-electron chi connectivity index (χ1n) is 6.12. The van der Waals surface area contributed by atoms with E-state index < -0.39 is 5.97 Å². The van der Waals surface area contributed by atoms with Crippen molar-refractivity contribution in [1.29, 1.82) is 0 Å². The van der Waals surface area contributed by atoms with Gasteiger partial charge in [-0.1, -0.05) is 11.8 Å². The number of hydrogen-bond donors (Lipinski definition) is 1. The minimum absolute atomic E-state index is 0.0259. The van der Waals surface area contributed by atoms with Gasteiger partial charge in [0.25, 0.3) is 0 Å². The second-order valence-electron chi connectivity index (χ2n) is 4.42. The van der Waals surface area contributed by atoms with Crippen molar-refractivity contribution in [1.82, 2.24) is 19.7 Å². The quantitative estimate of drug-likeness (QED) is 0.765. The highest BCUT2D eigenvalue weighted by molar-refractivity contribution is 7.99. The van der Waals surface area contributed by atoms with Crippen molar-refractivity contribution in [3.05, 3.63) is 5.82 Å². The summed E-state index contributed by atoms with van der Waals surface area (Å²) in [5.41, 5.74) is 0. The number of thioether (sulfide) groups is 1. The van der Waals surface area contributed by atoms with Crippen LogP contribution in [0.5, 0.6) is 0 Å². The number of carboxylic acid groups (broad SMARTS) is 1. The zero-order valence-electron chi connectivity index (χ0n) is 10.5. The molecule has 0 radical (unpaired) electrons. The normalized spacial score (nSPS) is 16.3. The van der Waals surface area contributed by atoms with Gasteiger partial charge in [-0.3, -0.25) is 4.79 Å². The molecule has 1 fully saturated rings. The summed E-state index contributed by atoms with van der Waals surface area (Å²) >= 11 is 1.21. The van der Waals surface area contributed by atoms with Gasteiger partial charge in [-0.05, 0) is 25.9 Å². The molecule has 2 rings (SSSR count). The van der Waals surface area contributed by atoms with Crippen LogP contribution in [0.15, 0.2) is 5.16 Å². The van der Waals surface area contributed by atoms with Crippen LogP contribution >= 0.6 is 11.8 Å². The molecule has 1 N–H and O–H groups in total. The van der Waals surface area contributed by atoms with Crippen LogP contribution in [-0.2, 0) is 18.3 Å². The average molecular weight is 270 g/mol. The van der Waals surface area contributed by atoms with Crippen LogP contribution in [0.1, 0.15) is 18.7 Å². The zero-order valence-corrected chi connectivity index (χ0v) is 11.3. The lowest BCUT2D eigenvalue weighted by molar-refractivity contribution is -0.133. The summed E-state index contributed by atoms with van der Waals surface area (Å²) in [7, 11) is 1.80. The predicted molar refractivity (Wildman–Crippen MR) is 68.7 cm³/mol. The van der Waals surface area contributed by atoms with Crippen LogP contribution in [-0.4, -0.2) is 56.1 Å². The van der Waals surface area contributed by atoms with E-state index >= 15 is 0 Å². The smallest absolute Gasteiger partial charge is 0.313 e. The van der Waals surface area contributed by atoms with Crippen molar-refractivity contribution < 1.29 is 9.90 Å². The molecule has 0 saturated carbocycles. The highest BCUT2D eigenvalue weighted by atomic mass is 32.2. The Bertz CT molecular complexity index is 415. The lowest BCUT2D eigenvalue weighted by atomic mass is 10.4. The van der Waals surface area contributed by atoms with E-state index in [1.807, 2.05) is 0 Å². The van der Waals surface area contributed by atoms with Gasteiger partial charge < -0.3 is 10.0 Å². The zero-order chi connectivity index (χ0) is 13.0. The topological polar surface area (TPSA) is 71.2 Å². The number of rotatable bonds is 6. The highest BCUT2D eigenvalue weighted by Crippen LogP contribution is 2.15. The van der Waals surface area contributed by atoms with E-state index in [1.54, 1.807) is 11.7 Å².